The van der Waals surface area contributed by atoms with Crippen molar-refractivity contribution in [2.24, 2.45) is 0 Å². The molecule has 1 aliphatic carbocycles. The molecule has 1 aliphatic rings. The van der Waals surface area contributed by atoms with Gasteiger partial charge in [0.2, 0.25) is 5.91 Å². The summed E-state index contributed by atoms with van der Waals surface area (Å²) in [5.41, 5.74) is 11.0. The first-order chi connectivity index (χ1) is 14.3. The number of aromatic nitrogens is 1. The number of halogens is 1. The first-order valence-electron chi connectivity index (χ1n) is 10.0. The summed E-state index contributed by atoms with van der Waals surface area (Å²) in [4.78, 5) is 29.8. The fraction of sp³-hybridized carbons (Fsp3) is 0.292. The van der Waals surface area contributed by atoms with Crippen molar-refractivity contribution >= 4 is 29.9 Å². The van der Waals surface area contributed by atoms with Crippen molar-refractivity contribution in [3.05, 3.63) is 82.1 Å². The number of Topliss-reactive ketones (excluding diaryl/α,β-unsaturated/α-hetero) is 1. The van der Waals surface area contributed by atoms with Gasteiger partial charge in [-0.25, -0.2) is 4.98 Å². The second kappa shape index (κ2) is 10.9. The van der Waals surface area contributed by atoms with Crippen LogP contribution in [0.25, 0.3) is 0 Å². The monoisotopic (exact) mass is 440 g/mol. The van der Waals surface area contributed by atoms with Crippen LogP contribution in [0.3, 0.4) is 0 Å². The van der Waals surface area contributed by atoms with Crippen molar-refractivity contribution < 1.29 is 9.59 Å². The van der Waals surface area contributed by atoms with Gasteiger partial charge >= 0.3 is 0 Å². The number of nitrogens with zero attached hydrogens (tertiary/aromatic N) is 1. The lowest BCUT2D eigenvalue weighted by atomic mass is 9.91. The minimum Gasteiger partial charge on any atom is -0.384 e. The topological polar surface area (TPSA) is 97.1 Å². The molecule has 2 aromatic rings. The third kappa shape index (κ3) is 6.26. The number of aryl methyl sites for hydroxylation is 2. The average Bonchev–Trinajstić information content (AvgIpc) is 2.70. The van der Waals surface area contributed by atoms with E-state index >= 15 is 0 Å². The third-order valence-electron chi connectivity index (χ3n) is 5.34. The summed E-state index contributed by atoms with van der Waals surface area (Å²) < 4.78 is 0. The fourth-order valence-corrected chi connectivity index (χ4v) is 3.59. The Bertz CT molecular complexity index is 992. The molecule has 0 bridgehead atoms. The molecule has 1 atom stereocenters. The van der Waals surface area contributed by atoms with Gasteiger partial charge in [-0.05, 0) is 49.1 Å². The van der Waals surface area contributed by atoms with Crippen LogP contribution in [0.15, 0.2) is 59.7 Å². The summed E-state index contributed by atoms with van der Waals surface area (Å²) in [6.45, 7) is 6.62. The molecule has 0 saturated carbocycles. The van der Waals surface area contributed by atoms with Gasteiger partial charge in [-0.2, -0.15) is 0 Å². The number of hydrogen-bond donors (Lipinski definition) is 3. The molecule has 0 fully saturated rings. The molecule has 0 spiro atoms. The van der Waals surface area contributed by atoms with Gasteiger partial charge in [0.05, 0.1) is 12.5 Å². The van der Waals surface area contributed by atoms with Crippen LogP contribution in [-0.4, -0.2) is 22.7 Å². The summed E-state index contributed by atoms with van der Waals surface area (Å²) in [6, 6.07) is 11.3. The summed E-state index contributed by atoms with van der Waals surface area (Å²) in [7, 11) is 0. The first-order valence-corrected chi connectivity index (χ1v) is 10.0. The van der Waals surface area contributed by atoms with Crippen LogP contribution in [0.2, 0.25) is 0 Å². The highest BCUT2D eigenvalue weighted by molar-refractivity contribution is 6.06. The van der Waals surface area contributed by atoms with E-state index in [1.807, 2.05) is 63.3 Å². The number of allylic oxidation sites excluding steroid dienone is 2. The van der Waals surface area contributed by atoms with Gasteiger partial charge in [-0.3, -0.25) is 14.9 Å². The molecule has 3 rings (SSSR count). The van der Waals surface area contributed by atoms with Crippen LogP contribution in [-0.2, 0) is 22.7 Å². The van der Waals surface area contributed by atoms with Crippen LogP contribution >= 0.6 is 12.4 Å². The van der Waals surface area contributed by atoms with E-state index in [1.54, 1.807) is 6.07 Å². The van der Waals surface area contributed by atoms with Gasteiger partial charge in [0.25, 0.3) is 0 Å². The molecule has 1 aromatic carbocycles. The zero-order valence-corrected chi connectivity index (χ0v) is 18.9. The van der Waals surface area contributed by atoms with E-state index in [-0.39, 0.29) is 30.5 Å². The van der Waals surface area contributed by atoms with E-state index in [9.17, 15) is 9.59 Å². The molecule has 1 aromatic heterocycles. The number of nitrogens with two attached hydrogens (primary N) is 1. The van der Waals surface area contributed by atoms with E-state index in [4.69, 9.17) is 5.73 Å². The van der Waals surface area contributed by atoms with Crippen molar-refractivity contribution in [3.63, 3.8) is 0 Å². The van der Waals surface area contributed by atoms with Crippen molar-refractivity contribution in [3.8, 4) is 0 Å². The molecule has 4 N–H and O–H groups in total. The zero-order valence-electron chi connectivity index (χ0n) is 18.1. The Morgan fingerprint density at radius 3 is 2.52 bits per heavy atom. The van der Waals surface area contributed by atoms with Gasteiger partial charge in [-0.15, -0.1) is 12.4 Å². The molecule has 0 saturated heterocycles. The molecular formula is C24H29ClN4O2. The number of hydrogen-bond acceptors (Lipinski definition) is 5. The van der Waals surface area contributed by atoms with Crippen molar-refractivity contribution in [1.82, 2.24) is 15.6 Å². The summed E-state index contributed by atoms with van der Waals surface area (Å²) in [6.07, 6.45) is 3.82. The lowest BCUT2D eigenvalue weighted by Crippen LogP contribution is -2.38. The largest absolute Gasteiger partial charge is 0.384 e. The maximum absolute atomic E-state index is 12.9. The van der Waals surface area contributed by atoms with E-state index in [0.29, 0.717) is 24.5 Å². The molecule has 31 heavy (non-hydrogen) atoms. The van der Waals surface area contributed by atoms with Crippen molar-refractivity contribution in [1.29, 1.82) is 0 Å². The van der Waals surface area contributed by atoms with Gasteiger partial charge in [0.1, 0.15) is 5.82 Å². The highest BCUT2D eigenvalue weighted by atomic mass is 35.5. The highest BCUT2D eigenvalue weighted by Crippen LogP contribution is 2.20. The molecule has 0 aliphatic heterocycles. The molecule has 1 amide bonds. The molecule has 164 valence electrons. The van der Waals surface area contributed by atoms with Crippen molar-refractivity contribution in [2.45, 2.75) is 46.3 Å². The number of anilines is 1. The number of carbonyl (C=O) groups is 2. The number of carbonyl (C=O) groups excluding carboxylic acids is 2. The number of rotatable bonds is 7. The normalized spacial score (nSPS) is 15.6. The Morgan fingerprint density at radius 1 is 1.13 bits per heavy atom. The predicted molar refractivity (Wildman–Crippen MR) is 126 cm³/mol. The summed E-state index contributed by atoms with van der Waals surface area (Å²) in [5, 5.41) is 6.18. The Morgan fingerprint density at radius 2 is 1.84 bits per heavy atom. The molecule has 1 heterocycles. The van der Waals surface area contributed by atoms with Gasteiger partial charge < -0.3 is 11.1 Å². The number of pyridine rings is 1. The third-order valence-corrected chi connectivity index (χ3v) is 5.34. The first kappa shape index (κ1) is 24.3. The van der Waals surface area contributed by atoms with E-state index < -0.39 is 6.04 Å². The summed E-state index contributed by atoms with van der Waals surface area (Å²) in [5.74, 6) is 0.225. The van der Waals surface area contributed by atoms with Crippen LogP contribution in [0.4, 0.5) is 5.82 Å². The van der Waals surface area contributed by atoms with Crippen LogP contribution in [0, 0.1) is 13.8 Å². The minimum absolute atomic E-state index is 0. The summed E-state index contributed by atoms with van der Waals surface area (Å²) >= 11 is 0. The maximum atomic E-state index is 12.9. The smallest absolute Gasteiger partial charge is 0.224 e. The van der Waals surface area contributed by atoms with E-state index in [0.717, 1.165) is 28.0 Å². The van der Waals surface area contributed by atoms with Gasteiger partial charge in [-0.1, -0.05) is 42.5 Å². The van der Waals surface area contributed by atoms with Crippen LogP contribution < -0.4 is 16.4 Å². The predicted octanol–water partition coefficient (Wildman–Crippen LogP) is 3.32. The van der Waals surface area contributed by atoms with E-state index in [2.05, 4.69) is 15.6 Å². The van der Waals surface area contributed by atoms with Gasteiger partial charge in [0, 0.05) is 24.4 Å². The number of ketones is 1. The number of nitrogens with one attached hydrogen (secondary N) is 2. The second-order valence-corrected chi connectivity index (χ2v) is 7.61. The molecule has 6 nitrogen and oxygen atoms in total. The molecular weight excluding hydrogens is 412 g/mol. The fourth-order valence-electron chi connectivity index (χ4n) is 3.59. The Hall–Kier alpha value is -2.96. The number of nitrogen functional groups attached to an aromatic ring is 1. The second-order valence-electron chi connectivity index (χ2n) is 7.61. The van der Waals surface area contributed by atoms with E-state index in [1.165, 1.54) is 0 Å². The lowest BCUT2D eigenvalue weighted by Gasteiger charge is -2.21. The minimum atomic E-state index is -0.428. The molecule has 7 heteroatoms. The van der Waals surface area contributed by atoms with Gasteiger partial charge in [0.15, 0.2) is 5.78 Å². The molecule has 1 unspecified atom stereocenters. The lowest BCUT2D eigenvalue weighted by molar-refractivity contribution is -0.123. The number of amides is 1. The SMILES string of the molecule is CC1=C(CC(=O)NCc2c(C)cc(N)nc2C)C(=O)C(NCc2ccccc2)C=C1.Cl. The maximum Gasteiger partial charge on any atom is 0.224 e. The molecule has 0 radical (unpaired) electrons. The Labute approximate surface area is 189 Å². The standard InChI is InChI=1S/C24H28N4O2.ClH/c1-15-9-10-21(26-13-18-7-5-4-6-8-18)24(30)19(15)12-23(29)27-14-20-16(2)11-22(25)28-17(20)3;/h4-11,21,26H,12-14H2,1-3H3,(H2,25,28)(H,27,29);1H. The Kier molecular flexibility index (Phi) is 8.54. The number of benzene rings is 1. The van der Waals surface area contributed by atoms with Crippen LogP contribution in [0.1, 0.15) is 35.7 Å². The van der Waals surface area contributed by atoms with Crippen LogP contribution in [0.5, 0.6) is 0 Å². The Balaban J connectivity index is 0.00000341. The van der Waals surface area contributed by atoms with Crippen molar-refractivity contribution in [2.75, 3.05) is 5.73 Å². The zero-order chi connectivity index (χ0) is 21.7. The quantitative estimate of drug-likeness (QED) is 0.613. The average molecular weight is 441 g/mol. The highest BCUT2D eigenvalue weighted by Gasteiger charge is 2.25.